The minimum Gasteiger partial charge on any atom is -0.508 e. The van der Waals surface area contributed by atoms with Crippen molar-refractivity contribution in [1.29, 1.82) is 0 Å². The van der Waals surface area contributed by atoms with Crippen molar-refractivity contribution in [1.82, 2.24) is 10.4 Å². The summed E-state index contributed by atoms with van der Waals surface area (Å²) in [5, 5.41) is 26.4. The maximum atomic E-state index is 12.4. The van der Waals surface area contributed by atoms with Gasteiger partial charge in [0.05, 0.1) is 6.04 Å². The van der Waals surface area contributed by atoms with E-state index in [9.17, 15) is 15.0 Å². The Labute approximate surface area is 175 Å². The molecule has 3 N–H and O–H groups in total. The smallest absolute Gasteiger partial charge is 0.426 e. The van der Waals surface area contributed by atoms with E-state index < -0.39 is 6.09 Å². The van der Waals surface area contributed by atoms with Crippen LogP contribution in [0.2, 0.25) is 0 Å². The Kier molecular flexibility index (Phi) is 5.77. The molecular weight excluding hydrogens is 380 g/mol. The molecule has 4 rings (SSSR count). The average Bonchev–Trinajstić information content (AvgIpc) is 2.74. The third-order valence-electron chi connectivity index (χ3n) is 5.73. The maximum Gasteiger partial charge on any atom is 0.426 e. The second-order valence-corrected chi connectivity index (χ2v) is 7.80. The molecule has 0 bridgehead atoms. The quantitative estimate of drug-likeness (QED) is 0.578. The van der Waals surface area contributed by atoms with Gasteiger partial charge < -0.3 is 20.4 Å². The van der Waals surface area contributed by atoms with E-state index in [-0.39, 0.29) is 23.5 Å². The fraction of sp³-hybridized carbons (Fsp3) is 0.292. The third kappa shape index (κ3) is 4.49. The first-order chi connectivity index (χ1) is 14.5. The molecule has 1 heterocycles. The lowest BCUT2D eigenvalue weighted by atomic mass is 9.89. The molecule has 0 spiro atoms. The van der Waals surface area contributed by atoms with Crippen molar-refractivity contribution >= 4 is 16.9 Å². The van der Waals surface area contributed by atoms with Gasteiger partial charge in [0.25, 0.3) is 0 Å². The van der Waals surface area contributed by atoms with Crippen LogP contribution in [-0.4, -0.2) is 34.5 Å². The zero-order valence-corrected chi connectivity index (χ0v) is 16.9. The van der Waals surface area contributed by atoms with Gasteiger partial charge in [-0.15, -0.1) is 5.06 Å². The van der Waals surface area contributed by atoms with Gasteiger partial charge >= 0.3 is 6.09 Å². The lowest BCUT2D eigenvalue weighted by Crippen LogP contribution is -2.39. The van der Waals surface area contributed by atoms with Gasteiger partial charge in [0.2, 0.25) is 0 Å². The molecule has 0 aliphatic carbocycles. The fourth-order valence-electron chi connectivity index (χ4n) is 4.02. The molecule has 1 saturated heterocycles. The van der Waals surface area contributed by atoms with Crippen LogP contribution in [0.25, 0.3) is 10.8 Å². The van der Waals surface area contributed by atoms with E-state index in [0.717, 1.165) is 29.4 Å². The summed E-state index contributed by atoms with van der Waals surface area (Å²) in [5.74, 6) is 0.329. The second kappa shape index (κ2) is 8.63. The maximum absolute atomic E-state index is 12.4. The predicted octanol–water partition coefficient (Wildman–Crippen LogP) is 4.83. The minimum atomic E-state index is -0.471. The lowest BCUT2D eigenvalue weighted by Gasteiger charge is -2.31. The summed E-state index contributed by atoms with van der Waals surface area (Å²) < 4.78 is 0. The van der Waals surface area contributed by atoms with Crippen LogP contribution in [0.15, 0.2) is 60.7 Å². The number of fused-ring (bicyclic) bond motifs is 1. The number of phenols is 2. The number of aromatic hydroxyl groups is 2. The molecule has 1 aliphatic heterocycles. The van der Waals surface area contributed by atoms with E-state index in [1.165, 1.54) is 11.5 Å². The summed E-state index contributed by atoms with van der Waals surface area (Å²) in [6, 6.07) is 18.8. The SMILES string of the molecule is C[C@H](NC(=O)ON1CCC(c2ccc(O)cc2O)CC1)c1ccc2ccccc2c1. The van der Waals surface area contributed by atoms with Crippen LogP contribution >= 0.6 is 0 Å². The van der Waals surface area contributed by atoms with Gasteiger partial charge in [-0.1, -0.05) is 42.5 Å². The van der Waals surface area contributed by atoms with Gasteiger partial charge in [-0.2, -0.15) is 0 Å². The Morgan fingerprint density at radius 1 is 1.03 bits per heavy atom. The van der Waals surface area contributed by atoms with Gasteiger partial charge in [0, 0.05) is 19.2 Å². The normalized spacial score (nSPS) is 16.3. The second-order valence-electron chi connectivity index (χ2n) is 7.80. The Hall–Kier alpha value is -3.25. The van der Waals surface area contributed by atoms with E-state index in [1.807, 2.05) is 25.1 Å². The molecule has 6 nitrogen and oxygen atoms in total. The van der Waals surface area contributed by atoms with Crippen molar-refractivity contribution < 1.29 is 19.8 Å². The zero-order valence-electron chi connectivity index (χ0n) is 16.9. The first-order valence-corrected chi connectivity index (χ1v) is 10.2. The number of carbonyl (C=O) groups is 1. The first-order valence-electron chi connectivity index (χ1n) is 10.2. The molecule has 156 valence electrons. The van der Waals surface area contributed by atoms with Crippen LogP contribution in [0.1, 0.15) is 42.9 Å². The number of hydrogen-bond donors (Lipinski definition) is 3. The zero-order chi connectivity index (χ0) is 21.1. The van der Waals surface area contributed by atoms with Crippen molar-refractivity contribution in [3.63, 3.8) is 0 Å². The van der Waals surface area contributed by atoms with E-state index in [0.29, 0.717) is 13.1 Å². The third-order valence-corrected chi connectivity index (χ3v) is 5.73. The number of hydrogen-bond acceptors (Lipinski definition) is 5. The van der Waals surface area contributed by atoms with E-state index in [1.54, 1.807) is 17.2 Å². The van der Waals surface area contributed by atoms with Crippen molar-refractivity contribution in [2.75, 3.05) is 13.1 Å². The van der Waals surface area contributed by atoms with Crippen molar-refractivity contribution in [2.45, 2.75) is 31.7 Å². The fourth-order valence-corrected chi connectivity index (χ4v) is 4.02. The molecule has 1 fully saturated rings. The van der Waals surface area contributed by atoms with Gasteiger partial charge in [0.15, 0.2) is 0 Å². The highest BCUT2D eigenvalue weighted by Gasteiger charge is 2.25. The summed E-state index contributed by atoms with van der Waals surface area (Å²) >= 11 is 0. The highest BCUT2D eigenvalue weighted by atomic mass is 16.7. The van der Waals surface area contributed by atoms with Gasteiger partial charge in [-0.25, -0.2) is 4.79 Å². The average molecular weight is 406 g/mol. The number of phenolic OH excluding ortho intramolecular Hbond substituents is 2. The van der Waals surface area contributed by atoms with Gasteiger partial charge in [-0.3, -0.25) is 0 Å². The largest absolute Gasteiger partial charge is 0.508 e. The van der Waals surface area contributed by atoms with Crippen molar-refractivity contribution in [3.8, 4) is 11.5 Å². The van der Waals surface area contributed by atoms with Crippen LogP contribution in [0, 0.1) is 0 Å². The highest BCUT2D eigenvalue weighted by Crippen LogP contribution is 2.35. The number of rotatable bonds is 4. The number of nitrogens with one attached hydrogen (secondary N) is 1. The van der Waals surface area contributed by atoms with Crippen LogP contribution in [-0.2, 0) is 4.84 Å². The molecule has 1 aliphatic rings. The Balaban J connectivity index is 1.30. The summed E-state index contributed by atoms with van der Waals surface area (Å²) in [7, 11) is 0. The predicted molar refractivity (Wildman–Crippen MR) is 115 cm³/mol. The Morgan fingerprint density at radius 2 is 1.77 bits per heavy atom. The summed E-state index contributed by atoms with van der Waals surface area (Å²) in [5.41, 5.74) is 1.84. The summed E-state index contributed by atoms with van der Waals surface area (Å²) in [6.45, 7) is 3.11. The molecule has 0 unspecified atom stereocenters. The molecule has 6 heteroatoms. The van der Waals surface area contributed by atoms with Crippen molar-refractivity contribution in [2.24, 2.45) is 0 Å². The number of piperidine rings is 1. The number of carbonyl (C=O) groups excluding carboxylic acids is 1. The molecule has 30 heavy (non-hydrogen) atoms. The number of benzene rings is 3. The molecule has 0 saturated carbocycles. The molecule has 1 amide bonds. The van der Waals surface area contributed by atoms with Gasteiger partial charge in [0.1, 0.15) is 11.5 Å². The van der Waals surface area contributed by atoms with Crippen LogP contribution in [0.4, 0.5) is 4.79 Å². The highest BCUT2D eigenvalue weighted by molar-refractivity contribution is 5.83. The summed E-state index contributed by atoms with van der Waals surface area (Å²) in [4.78, 5) is 17.8. The van der Waals surface area contributed by atoms with Crippen LogP contribution in [0.5, 0.6) is 11.5 Å². The number of amides is 1. The molecule has 0 aromatic heterocycles. The van der Waals surface area contributed by atoms with Gasteiger partial charge in [-0.05, 0) is 59.7 Å². The molecule has 0 radical (unpaired) electrons. The minimum absolute atomic E-state index is 0.0502. The standard InChI is InChI=1S/C24H26N2O4/c1-16(19-7-6-17-4-2-3-5-20(17)14-19)25-24(29)30-26-12-10-18(11-13-26)22-9-8-21(27)15-23(22)28/h2-9,14-16,18,27-28H,10-13H2,1H3,(H,25,29)/t16-/m0/s1. The lowest BCUT2D eigenvalue weighted by molar-refractivity contribution is -0.114. The Morgan fingerprint density at radius 3 is 2.50 bits per heavy atom. The molecule has 3 aromatic rings. The molecular formula is C24H26N2O4. The Bertz CT molecular complexity index is 1040. The van der Waals surface area contributed by atoms with Crippen molar-refractivity contribution in [3.05, 3.63) is 71.8 Å². The first kappa shape index (κ1) is 20.0. The van der Waals surface area contributed by atoms with Crippen LogP contribution < -0.4 is 5.32 Å². The number of nitrogens with zero attached hydrogens (tertiary/aromatic N) is 1. The van der Waals surface area contributed by atoms with E-state index in [4.69, 9.17) is 4.84 Å². The van der Waals surface area contributed by atoms with Crippen LogP contribution in [0.3, 0.4) is 0 Å². The van der Waals surface area contributed by atoms with E-state index in [2.05, 4.69) is 29.6 Å². The van der Waals surface area contributed by atoms with E-state index >= 15 is 0 Å². The molecule has 3 aromatic carbocycles. The summed E-state index contributed by atoms with van der Waals surface area (Å²) in [6.07, 6.45) is 1.04. The topological polar surface area (TPSA) is 82.0 Å². The monoisotopic (exact) mass is 406 g/mol. The molecule has 1 atom stereocenters. The number of hydroxylamine groups is 2.